The number of hydrogen-bond donors (Lipinski definition) is 1. The Balaban J connectivity index is 1.66. The van der Waals surface area contributed by atoms with Crippen molar-refractivity contribution < 1.29 is 27.5 Å². The molecule has 37 heavy (non-hydrogen) atoms. The molecule has 5 aromatic rings. The molecule has 0 saturated heterocycles. The van der Waals surface area contributed by atoms with Crippen LogP contribution in [0, 0.1) is 0 Å². The number of halogens is 3. The summed E-state index contributed by atoms with van der Waals surface area (Å²) in [6.45, 7) is 2.18. The average molecular weight is 508 g/mol. The van der Waals surface area contributed by atoms with Crippen LogP contribution in [0.15, 0.2) is 60.9 Å². The lowest BCUT2D eigenvalue weighted by Crippen LogP contribution is -2.17. The number of fused-ring (bicyclic) bond motifs is 2. The summed E-state index contributed by atoms with van der Waals surface area (Å²) in [5.74, 6) is -1.59. The van der Waals surface area contributed by atoms with Gasteiger partial charge in [0.1, 0.15) is 5.56 Å². The molecule has 5 rings (SSSR count). The number of anilines is 1. The lowest BCUT2D eigenvalue weighted by atomic mass is 10.0. The molecule has 0 spiro atoms. The van der Waals surface area contributed by atoms with Crippen LogP contribution in [0.2, 0.25) is 0 Å². The van der Waals surface area contributed by atoms with Crippen LogP contribution >= 0.6 is 0 Å². The van der Waals surface area contributed by atoms with Crippen LogP contribution in [0.4, 0.5) is 18.9 Å². The molecule has 0 saturated carbocycles. The summed E-state index contributed by atoms with van der Waals surface area (Å²) in [7, 11) is 1.17. The molecule has 188 valence electrons. The molecule has 3 aromatic heterocycles. The molecule has 12 heteroatoms. The minimum absolute atomic E-state index is 0.0280. The summed E-state index contributed by atoms with van der Waals surface area (Å²) < 4.78 is 48.9. The van der Waals surface area contributed by atoms with E-state index in [2.05, 4.69) is 20.5 Å². The maximum absolute atomic E-state index is 14.1. The number of amides is 1. The number of nitrogens with one attached hydrogen (secondary N) is 1. The standard InChI is InChI=1S/C25H19F3N6O3/c1-3-33-13-19(21(32-33)24(36)37-2)31-23(35)17-12-29-34-20(25(26,27)28)11-18(30-22(17)34)16-10-6-8-14-7-4-5-9-15(14)16/h4-13H,3H2,1-2H3,(H,31,35). The number of methoxy groups -OCH3 is 1. The van der Waals surface area contributed by atoms with E-state index in [9.17, 15) is 22.8 Å². The fourth-order valence-corrected chi connectivity index (χ4v) is 4.02. The van der Waals surface area contributed by atoms with Crippen molar-refractivity contribution in [2.45, 2.75) is 19.6 Å². The molecule has 0 fully saturated rings. The van der Waals surface area contributed by atoms with Gasteiger partial charge in [-0.1, -0.05) is 42.5 Å². The van der Waals surface area contributed by atoms with Crippen molar-refractivity contribution in [2.24, 2.45) is 0 Å². The summed E-state index contributed by atoms with van der Waals surface area (Å²) in [5.41, 5.74) is -1.20. The van der Waals surface area contributed by atoms with Crippen LogP contribution < -0.4 is 5.32 Å². The Bertz CT molecular complexity index is 1670. The molecular formula is C25H19F3N6O3. The number of esters is 1. The molecule has 0 bridgehead atoms. The zero-order valence-electron chi connectivity index (χ0n) is 19.6. The number of ether oxygens (including phenoxy) is 1. The molecular weight excluding hydrogens is 489 g/mol. The number of benzene rings is 2. The van der Waals surface area contributed by atoms with Gasteiger partial charge in [0.2, 0.25) is 0 Å². The van der Waals surface area contributed by atoms with Gasteiger partial charge in [0, 0.05) is 18.3 Å². The summed E-state index contributed by atoms with van der Waals surface area (Å²) >= 11 is 0. The van der Waals surface area contributed by atoms with Gasteiger partial charge in [-0.2, -0.15) is 23.4 Å². The van der Waals surface area contributed by atoms with E-state index in [-0.39, 0.29) is 28.3 Å². The van der Waals surface area contributed by atoms with E-state index in [0.717, 1.165) is 17.6 Å². The van der Waals surface area contributed by atoms with Crippen LogP contribution in [-0.2, 0) is 17.5 Å². The molecule has 0 unspecified atom stereocenters. The van der Waals surface area contributed by atoms with Gasteiger partial charge in [0.05, 0.1) is 24.7 Å². The Labute approximate surface area is 207 Å². The number of rotatable bonds is 5. The number of nitrogens with zero attached hydrogens (tertiary/aromatic N) is 5. The fourth-order valence-electron chi connectivity index (χ4n) is 4.02. The molecule has 0 radical (unpaired) electrons. The van der Waals surface area contributed by atoms with Crippen molar-refractivity contribution in [1.82, 2.24) is 24.4 Å². The van der Waals surface area contributed by atoms with Gasteiger partial charge < -0.3 is 10.1 Å². The summed E-state index contributed by atoms with van der Waals surface area (Å²) in [4.78, 5) is 29.7. The molecule has 1 N–H and O–H groups in total. The predicted molar refractivity (Wildman–Crippen MR) is 128 cm³/mol. The van der Waals surface area contributed by atoms with Gasteiger partial charge in [0.25, 0.3) is 5.91 Å². The molecule has 2 aromatic carbocycles. The third-order valence-electron chi connectivity index (χ3n) is 5.79. The first-order chi connectivity index (χ1) is 17.7. The third-order valence-corrected chi connectivity index (χ3v) is 5.79. The van der Waals surface area contributed by atoms with Crippen molar-refractivity contribution >= 4 is 34.0 Å². The Kier molecular flexibility index (Phi) is 5.86. The van der Waals surface area contributed by atoms with Crippen molar-refractivity contribution in [3.05, 3.63) is 77.9 Å². The summed E-state index contributed by atoms with van der Waals surface area (Å²) in [6.07, 6.45) is -2.35. The molecule has 0 aliphatic carbocycles. The Hall–Kier alpha value is -4.74. The summed E-state index contributed by atoms with van der Waals surface area (Å²) in [5, 5.41) is 11.9. The monoisotopic (exact) mass is 508 g/mol. The highest BCUT2D eigenvalue weighted by Gasteiger charge is 2.36. The van der Waals surface area contributed by atoms with E-state index in [1.807, 2.05) is 18.2 Å². The van der Waals surface area contributed by atoms with E-state index < -0.39 is 23.7 Å². The second-order valence-corrected chi connectivity index (χ2v) is 8.04. The van der Waals surface area contributed by atoms with E-state index in [1.54, 1.807) is 31.2 Å². The normalized spacial score (nSPS) is 11.7. The van der Waals surface area contributed by atoms with Gasteiger partial charge in [-0.05, 0) is 23.8 Å². The van der Waals surface area contributed by atoms with Crippen molar-refractivity contribution in [2.75, 3.05) is 12.4 Å². The Morgan fingerprint density at radius 3 is 2.59 bits per heavy atom. The number of aryl methyl sites for hydroxylation is 1. The minimum Gasteiger partial charge on any atom is -0.464 e. The average Bonchev–Trinajstić information content (AvgIpc) is 3.50. The van der Waals surface area contributed by atoms with E-state index >= 15 is 0 Å². The van der Waals surface area contributed by atoms with Gasteiger partial charge in [0.15, 0.2) is 17.0 Å². The van der Waals surface area contributed by atoms with E-state index in [0.29, 0.717) is 22.0 Å². The number of alkyl halides is 3. The molecule has 0 aliphatic heterocycles. The Morgan fingerprint density at radius 1 is 1.11 bits per heavy atom. The third kappa shape index (κ3) is 4.26. The van der Waals surface area contributed by atoms with Crippen LogP contribution in [0.25, 0.3) is 27.7 Å². The largest absolute Gasteiger partial charge is 0.464 e. The van der Waals surface area contributed by atoms with Crippen LogP contribution in [0.3, 0.4) is 0 Å². The highest BCUT2D eigenvalue weighted by molar-refractivity contribution is 6.10. The second-order valence-electron chi connectivity index (χ2n) is 8.04. The zero-order valence-corrected chi connectivity index (χ0v) is 19.6. The molecule has 1 amide bonds. The van der Waals surface area contributed by atoms with Crippen LogP contribution in [0.1, 0.15) is 33.5 Å². The summed E-state index contributed by atoms with van der Waals surface area (Å²) in [6, 6.07) is 13.4. The first-order valence-electron chi connectivity index (χ1n) is 11.1. The fraction of sp³-hybridized carbons (Fsp3) is 0.160. The molecule has 9 nitrogen and oxygen atoms in total. The van der Waals surface area contributed by atoms with Crippen molar-refractivity contribution in [3.63, 3.8) is 0 Å². The number of carbonyl (C=O) groups excluding carboxylic acids is 2. The second kappa shape index (κ2) is 9.04. The highest BCUT2D eigenvalue weighted by Crippen LogP contribution is 2.35. The van der Waals surface area contributed by atoms with Gasteiger partial charge in [-0.3, -0.25) is 9.48 Å². The topological polar surface area (TPSA) is 103 Å². The van der Waals surface area contributed by atoms with E-state index in [4.69, 9.17) is 4.74 Å². The van der Waals surface area contributed by atoms with Gasteiger partial charge >= 0.3 is 12.1 Å². The maximum Gasteiger partial charge on any atom is 0.433 e. The van der Waals surface area contributed by atoms with Crippen molar-refractivity contribution in [1.29, 1.82) is 0 Å². The van der Waals surface area contributed by atoms with Crippen LogP contribution in [0.5, 0.6) is 0 Å². The SMILES string of the molecule is CCn1cc(NC(=O)c2cnn3c(C(F)(F)F)cc(-c4cccc5ccccc45)nc23)c(C(=O)OC)n1. The highest BCUT2D eigenvalue weighted by atomic mass is 19.4. The first-order valence-corrected chi connectivity index (χ1v) is 11.1. The first kappa shape index (κ1) is 24.0. The van der Waals surface area contributed by atoms with Crippen LogP contribution in [-0.4, -0.2) is 43.4 Å². The Morgan fingerprint density at radius 2 is 1.86 bits per heavy atom. The van der Waals surface area contributed by atoms with E-state index in [1.165, 1.54) is 18.0 Å². The number of carbonyl (C=O) groups is 2. The zero-order chi connectivity index (χ0) is 26.3. The molecule has 3 heterocycles. The van der Waals surface area contributed by atoms with Crippen molar-refractivity contribution in [3.8, 4) is 11.3 Å². The number of aromatic nitrogens is 5. The maximum atomic E-state index is 14.1. The van der Waals surface area contributed by atoms with Gasteiger partial charge in [-0.25, -0.2) is 14.3 Å². The molecule has 0 atom stereocenters. The smallest absolute Gasteiger partial charge is 0.433 e. The minimum atomic E-state index is -4.78. The van der Waals surface area contributed by atoms with Gasteiger partial charge in [-0.15, -0.1) is 0 Å². The molecule has 0 aliphatic rings. The quantitative estimate of drug-likeness (QED) is 0.342. The lowest BCUT2D eigenvalue weighted by Gasteiger charge is -2.13. The predicted octanol–water partition coefficient (Wildman–Crippen LogP) is 4.82. The number of hydrogen-bond acceptors (Lipinski definition) is 6. The lowest BCUT2D eigenvalue weighted by molar-refractivity contribution is -0.142.